The Kier molecular flexibility index (Phi) is 13.3. The number of aliphatic hydroxyl groups excluding tert-OH is 1. The second-order valence-electron chi connectivity index (χ2n) is 13.7. The Balaban J connectivity index is 1.58. The van der Waals surface area contributed by atoms with Crippen LogP contribution in [0.2, 0.25) is 0 Å². The number of aliphatic hydroxyl groups is 1. The predicted molar refractivity (Wildman–Crippen MR) is 183 cm³/mol. The van der Waals surface area contributed by atoms with Crippen LogP contribution in [0.4, 0.5) is 8.78 Å². The molecule has 0 aliphatic heterocycles. The first-order chi connectivity index (χ1) is 22.5. The molecule has 0 saturated heterocycles. The van der Waals surface area contributed by atoms with Crippen LogP contribution in [0, 0.1) is 28.9 Å². The fourth-order valence-corrected chi connectivity index (χ4v) is 7.66. The summed E-state index contributed by atoms with van der Waals surface area (Å²) in [5.74, 6) is -2.49. The van der Waals surface area contributed by atoms with Gasteiger partial charge in [0.1, 0.15) is 11.6 Å². The Labute approximate surface area is 279 Å². The molecule has 256 valence electrons. The Bertz CT molecular complexity index is 1410. The first-order valence-electron chi connectivity index (χ1n) is 17.4. The summed E-state index contributed by atoms with van der Waals surface area (Å²) in [5.41, 5.74) is 8.53. The molecule has 2 aromatic carbocycles. The van der Waals surface area contributed by atoms with Gasteiger partial charge in [0.15, 0.2) is 0 Å². The molecule has 0 heterocycles. The van der Waals surface area contributed by atoms with E-state index < -0.39 is 35.0 Å². The van der Waals surface area contributed by atoms with Crippen molar-refractivity contribution in [3.63, 3.8) is 0 Å². The normalized spacial score (nSPS) is 19.9. The Morgan fingerprint density at radius 1 is 1.00 bits per heavy atom. The van der Waals surface area contributed by atoms with Gasteiger partial charge in [-0.15, -0.1) is 0 Å². The zero-order valence-corrected chi connectivity index (χ0v) is 28.4. The van der Waals surface area contributed by atoms with E-state index in [1.807, 2.05) is 13.8 Å². The van der Waals surface area contributed by atoms with E-state index in [2.05, 4.69) is 29.6 Å². The van der Waals surface area contributed by atoms with E-state index in [1.165, 1.54) is 49.8 Å². The zero-order chi connectivity index (χ0) is 34.0. The molecule has 0 radical (unpaired) electrons. The zero-order valence-electron chi connectivity index (χ0n) is 28.4. The third kappa shape index (κ3) is 9.83. The molecule has 0 aromatic heterocycles. The van der Waals surface area contributed by atoms with Crippen LogP contribution in [0.3, 0.4) is 0 Å². The SMILES string of the molecule is CCCN(CCC)C(=O)C1=CC(C)=CC(C(N)=O)([C@H](Cc2cc(F)cc(F)c2)[C@@H](O)CNCc2cccc(CC3CCCCC3)c2)C1. The minimum atomic E-state index is -1.46. The van der Waals surface area contributed by atoms with E-state index in [-0.39, 0.29) is 25.3 Å². The highest BCUT2D eigenvalue weighted by atomic mass is 19.1. The van der Waals surface area contributed by atoms with Crippen LogP contribution in [-0.4, -0.2) is 47.6 Å². The summed E-state index contributed by atoms with van der Waals surface area (Å²) in [4.78, 5) is 29.1. The lowest BCUT2D eigenvalue weighted by atomic mass is 9.63. The van der Waals surface area contributed by atoms with Gasteiger partial charge in [0.2, 0.25) is 11.8 Å². The second-order valence-corrected chi connectivity index (χ2v) is 13.7. The van der Waals surface area contributed by atoms with Gasteiger partial charge in [-0.25, -0.2) is 8.78 Å². The Morgan fingerprint density at radius 3 is 2.30 bits per heavy atom. The summed E-state index contributed by atoms with van der Waals surface area (Å²) in [6.45, 7) is 7.60. The monoisotopic (exact) mass is 649 g/mol. The maximum Gasteiger partial charge on any atom is 0.249 e. The molecule has 1 unspecified atom stereocenters. The van der Waals surface area contributed by atoms with Gasteiger partial charge in [0, 0.05) is 43.7 Å². The number of allylic oxidation sites excluding steroid dienone is 2. The van der Waals surface area contributed by atoms with Crippen molar-refractivity contribution in [3.8, 4) is 0 Å². The first-order valence-corrected chi connectivity index (χ1v) is 17.4. The number of nitrogens with zero attached hydrogens (tertiary/aromatic N) is 1. The lowest BCUT2D eigenvalue weighted by molar-refractivity contribution is -0.132. The van der Waals surface area contributed by atoms with Crippen molar-refractivity contribution >= 4 is 11.8 Å². The topological polar surface area (TPSA) is 95.7 Å². The number of primary amides is 1. The highest BCUT2D eigenvalue weighted by Gasteiger charge is 2.48. The van der Waals surface area contributed by atoms with Gasteiger partial charge in [-0.1, -0.05) is 87.9 Å². The van der Waals surface area contributed by atoms with Crippen molar-refractivity contribution in [3.05, 3.63) is 94.1 Å². The van der Waals surface area contributed by atoms with E-state index in [0.29, 0.717) is 36.3 Å². The van der Waals surface area contributed by atoms with Gasteiger partial charge >= 0.3 is 0 Å². The molecule has 47 heavy (non-hydrogen) atoms. The van der Waals surface area contributed by atoms with Gasteiger partial charge in [-0.05, 0) is 73.8 Å². The fraction of sp³-hybridized carbons (Fsp3) is 0.538. The molecule has 0 spiro atoms. The predicted octanol–water partition coefficient (Wildman–Crippen LogP) is 6.79. The molecule has 2 aliphatic rings. The molecule has 1 fully saturated rings. The third-order valence-corrected chi connectivity index (χ3v) is 9.81. The number of hydrogen-bond donors (Lipinski definition) is 3. The molecule has 3 atom stereocenters. The summed E-state index contributed by atoms with van der Waals surface area (Å²) < 4.78 is 28.7. The molecule has 2 amide bonds. The van der Waals surface area contributed by atoms with Crippen molar-refractivity contribution in [1.29, 1.82) is 0 Å². The molecule has 2 aliphatic carbocycles. The summed E-state index contributed by atoms with van der Waals surface area (Å²) in [7, 11) is 0. The van der Waals surface area contributed by atoms with Crippen molar-refractivity contribution < 1.29 is 23.5 Å². The van der Waals surface area contributed by atoms with Gasteiger partial charge in [0.05, 0.1) is 11.5 Å². The maximum atomic E-state index is 14.3. The van der Waals surface area contributed by atoms with Crippen LogP contribution in [0.25, 0.3) is 0 Å². The number of rotatable bonds is 16. The summed E-state index contributed by atoms with van der Waals surface area (Å²) in [5, 5.41) is 15.2. The van der Waals surface area contributed by atoms with Crippen LogP contribution >= 0.6 is 0 Å². The van der Waals surface area contributed by atoms with E-state index in [4.69, 9.17) is 5.73 Å². The van der Waals surface area contributed by atoms with Crippen LogP contribution < -0.4 is 11.1 Å². The van der Waals surface area contributed by atoms with Crippen LogP contribution in [0.5, 0.6) is 0 Å². The quantitative estimate of drug-likeness (QED) is 0.187. The minimum Gasteiger partial charge on any atom is -0.391 e. The number of amides is 2. The van der Waals surface area contributed by atoms with Crippen molar-refractivity contribution in [2.24, 2.45) is 23.0 Å². The standard InChI is InChI=1S/C39H53F2N3O3/c1-4-14-44(15-5-2)37(46)32-16-27(3)23-39(24-32,38(42)47)35(21-31-19-33(40)22-34(41)20-31)36(45)26-43-25-30-13-9-12-29(18-30)17-28-10-7-6-8-11-28/h9,12-13,16,18-20,22-23,28,35-36,43,45H,4-8,10-11,14-15,17,21,24-26H2,1-3H3,(H2,42,47)/t35-,36+,39?/m1/s1. The highest BCUT2D eigenvalue weighted by Crippen LogP contribution is 2.44. The Morgan fingerprint density at radius 2 is 1.66 bits per heavy atom. The Hall–Kier alpha value is -3.36. The lowest BCUT2D eigenvalue weighted by Gasteiger charge is -2.42. The van der Waals surface area contributed by atoms with Gasteiger partial charge in [-0.2, -0.15) is 0 Å². The molecule has 6 nitrogen and oxygen atoms in total. The molecule has 4 N–H and O–H groups in total. The summed E-state index contributed by atoms with van der Waals surface area (Å²) in [6, 6.07) is 11.7. The van der Waals surface area contributed by atoms with Crippen molar-refractivity contribution in [2.45, 2.75) is 97.6 Å². The van der Waals surface area contributed by atoms with E-state index in [1.54, 1.807) is 24.0 Å². The van der Waals surface area contributed by atoms with Gasteiger partial charge in [-0.3, -0.25) is 9.59 Å². The number of nitrogens with two attached hydrogens (primary N) is 1. The van der Waals surface area contributed by atoms with E-state index >= 15 is 0 Å². The van der Waals surface area contributed by atoms with E-state index in [9.17, 15) is 23.5 Å². The number of carbonyl (C=O) groups excluding carboxylic acids is 2. The van der Waals surface area contributed by atoms with Gasteiger partial charge < -0.3 is 21.1 Å². The van der Waals surface area contributed by atoms with Crippen molar-refractivity contribution in [1.82, 2.24) is 10.2 Å². The smallest absolute Gasteiger partial charge is 0.249 e. The highest BCUT2D eigenvalue weighted by molar-refractivity contribution is 5.97. The number of hydrogen-bond acceptors (Lipinski definition) is 4. The van der Waals surface area contributed by atoms with Crippen LogP contribution in [0.1, 0.15) is 88.8 Å². The lowest BCUT2D eigenvalue weighted by Crippen LogP contribution is -2.51. The van der Waals surface area contributed by atoms with Crippen molar-refractivity contribution in [2.75, 3.05) is 19.6 Å². The summed E-state index contributed by atoms with van der Waals surface area (Å²) >= 11 is 0. The third-order valence-electron chi connectivity index (χ3n) is 9.81. The number of carbonyl (C=O) groups is 2. The fourth-order valence-electron chi connectivity index (χ4n) is 7.66. The van der Waals surface area contributed by atoms with Crippen LogP contribution in [0.15, 0.2) is 65.8 Å². The largest absolute Gasteiger partial charge is 0.391 e. The summed E-state index contributed by atoms with van der Waals surface area (Å²) in [6.07, 6.45) is 11.5. The average Bonchev–Trinajstić information content (AvgIpc) is 3.03. The minimum absolute atomic E-state index is 0.00876. The molecule has 2 aromatic rings. The molecular weight excluding hydrogens is 596 g/mol. The second kappa shape index (κ2) is 17.2. The molecule has 4 rings (SSSR count). The van der Waals surface area contributed by atoms with Crippen LogP contribution in [-0.2, 0) is 29.0 Å². The van der Waals surface area contributed by atoms with Gasteiger partial charge in [0.25, 0.3) is 0 Å². The van der Waals surface area contributed by atoms with E-state index in [0.717, 1.165) is 36.8 Å². The first kappa shape index (κ1) is 36.5. The molecule has 1 saturated carbocycles. The molecule has 0 bridgehead atoms. The number of halogens is 2. The number of benzene rings is 2. The average molecular weight is 650 g/mol. The molecular formula is C39H53F2N3O3. The molecule has 8 heteroatoms. The number of nitrogens with one attached hydrogen (secondary N) is 1. The maximum absolute atomic E-state index is 14.3.